The van der Waals surface area contributed by atoms with E-state index in [9.17, 15) is 0 Å². The van der Waals surface area contributed by atoms with Crippen LogP contribution in [0, 0.1) is 19.8 Å². The van der Waals surface area contributed by atoms with Crippen molar-refractivity contribution in [1.82, 2.24) is 19.9 Å². The molecule has 0 amide bonds. The van der Waals surface area contributed by atoms with E-state index in [1.807, 2.05) is 23.7 Å². The van der Waals surface area contributed by atoms with Gasteiger partial charge in [0, 0.05) is 35.6 Å². The smallest absolute Gasteiger partial charge is 0.155 e. The summed E-state index contributed by atoms with van der Waals surface area (Å²) in [4.78, 5) is 4.52. The van der Waals surface area contributed by atoms with Gasteiger partial charge in [-0.05, 0) is 33.6 Å². The molecule has 0 saturated heterocycles. The van der Waals surface area contributed by atoms with Crippen LogP contribution in [-0.2, 0) is 0 Å². The van der Waals surface area contributed by atoms with Crippen molar-refractivity contribution >= 4 is 5.65 Å². The van der Waals surface area contributed by atoms with Crippen LogP contribution in [0.4, 0.5) is 0 Å². The van der Waals surface area contributed by atoms with Crippen LogP contribution in [0.15, 0.2) is 12.3 Å². The molecule has 1 N–H and O–H groups in total. The minimum absolute atomic E-state index is 0.278. The third kappa shape index (κ3) is 2.85. The second-order valence-corrected chi connectivity index (χ2v) is 5.92. The van der Waals surface area contributed by atoms with Crippen LogP contribution >= 0.6 is 0 Å². The van der Waals surface area contributed by atoms with E-state index in [1.54, 1.807) is 0 Å². The maximum absolute atomic E-state index is 4.52. The van der Waals surface area contributed by atoms with E-state index in [2.05, 4.69) is 50.0 Å². The number of hydrogen-bond acceptors (Lipinski definition) is 3. The SMILES string of the molecule is CCC(C)C(C)NC(C)c1cnc2cc(C)nn2c1C. The highest BCUT2D eigenvalue weighted by Gasteiger charge is 2.17. The Morgan fingerprint density at radius 2 is 1.95 bits per heavy atom. The van der Waals surface area contributed by atoms with Gasteiger partial charge in [0.15, 0.2) is 5.65 Å². The van der Waals surface area contributed by atoms with Gasteiger partial charge in [-0.2, -0.15) is 5.10 Å². The van der Waals surface area contributed by atoms with Crippen LogP contribution < -0.4 is 5.32 Å². The van der Waals surface area contributed by atoms with Gasteiger partial charge in [0.2, 0.25) is 0 Å². The van der Waals surface area contributed by atoms with Crippen molar-refractivity contribution in [3.63, 3.8) is 0 Å². The molecule has 2 rings (SSSR count). The number of hydrogen-bond donors (Lipinski definition) is 1. The first-order chi connectivity index (χ1) is 9.43. The third-order valence-electron chi connectivity index (χ3n) is 4.36. The molecule has 2 heterocycles. The van der Waals surface area contributed by atoms with Crippen molar-refractivity contribution in [3.05, 3.63) is 29.2 Å². The monoisotopic (exact) mass is 274 g/mol. The largest absolute Gasteiger partial charge is 0.307 e. The average molecular weight is 274 g/mol. The van der Waals surface area contributed by atoms with Crippen LogP contribution in [0.3, 0.4) is 0 Å². The molecule has 4 heteroatoms. The summed E-state index contributed by atoms with van der Waals surface area (Å²) in [6, 6.07) is 2.78. The molecule has 0 radical (unpaired) electrons. The van der Waals surface area contributed by atoms with Crippen LogP contribution in [0.5, 0.6) is 0 Å². The fraction of sp³-hybridized carbons (Fsp3) is 0.625. The Balaban J connectivity index is 2.26. The first-order valence-electron chi connectivity index (χ1n) is 7.52. The maximum Gasteiger partial charge on any atom is 0.155 e. The zero-order valence-corrected chi connectivity index (χ0v) is 13.4. The Kier molecular flexibility index (Phi) is 4.43. The molecule has 0 saturated carbocycles. The van der Waals surface area contributed by atoms with Crippen LogP contribution in [0.2, 0.25) is 0 Å². The summed E-state index contributed by atoms with van der Waals surface area (Å²) in [7, 11) is 0. The molecule has 0 bridgehead atoms. The lowest BCUT2D eigenvalue weighted by Crippen LogP contribution is -2.34. The van der Waals surface area contributed by atoms with E-state index in [4.69, 9.17) is 0 Å². The average Bonchev–Trinajstić information content (AvgIpc) is 2.79. The van der Waals surface area contributed by atoms with Gasteiger partial charge in [-0.25, -0.2) is 9.50 Å². The molecular weight excluding hydrogens is 248 g/mol. The van der Waals surface area contributed by atoms with Gasteiger partial charge < -0.3 is 5.32 Å². The Labute approximate surface area is 121 Å². The molecule has 20 heavy (non-hydrogen) atoms. The zero-order chi connectivity index (χ0) is 14.9. The predicted octanol–water partition coefficient (Wildman–Crippen LogP) is 3.43. The molecule has 0 spiro atoms. The number of nitrogens with one attached hydrogen (secondary N) is 1. The highest BCUT2D eigenvalue weighted by molar-refractivity contribution is 5.42. The fourth-order valence-corrected chi connectivity index (χ4v) is 2.60. The fourth-order valence-electron chi connectivity index (χ4n) is 2.60. The normalized spacial score (nSPS) is 16.3. The van der Waals surface area contributed by atoms with Crippen molar-refractivity contribution in [3.8, 4) is 0 Å². The van der Waals surface area contributed by atoms with Gasteiger partial charge in [0.25, 0.3) is 0 Å². The molecule has 0 aromatic carbocycles. The third-order valence-corrected chi connectivity index (χ3v) is 4.36. The minimum atomic E-state index is 0.278. The second kappa shape index (κ2) is 5.92. The summed E-state index contributed by atoms with van der Waals surface area (Å²) in [5, 5.41) is 8.19. The molecule has 0 aliphatic heterocycles. The predicted molar refractivity (Wildman–Crippen MR) is 82.9 cm³/mol. The van der Waals surface area contributed by atoms with E-state index in [1.165, 1.54) is 17.7 Å². The Bertz CT molecular complexity index is 587. The molecule has 3 atom stereocenters. The summed E-state index contributed by atoms with van der Waals surface area (Å²) in [5.74, 6) is 0.668. The highest BCUT2D eigenvalue weighted by Crippen LogP contribution is 2.20. The van der Waals surface area contributed by atoms with Crippen LogP contribution in [0.1, 0.15) is 57.1 Å². The van der Waals surface area contributed by atoms with E-state index < -0.39 is 0 Å². The quantitative estimate of drug-likeness (QED) is 0.908. The summed E-state index contributed by atoms with van der Waals surface area (Å²) < 4.78 is 1.94. The van der Waals surface area contributed by atoms with Gasteiger partial charge in [-0.3, -0.25) is 0 Å². The van der Waals surface area contributed by atoms with Gasteiger partial charge in [-0.1, -0.05) is 20.3 Å². The number of aryl methyl sites for hydroxylation is 2. The Hall–Kier alpha value is -1.42. The van der Waals surface area contributed by atoms with E-state index in [0.29, 0.717) is 12.0 Å². The Morgan fingerprint density at radius 1 is 1.25 bits per heavy atom. The van der Waals surface area contributed by atoms with E-state index in [0.717, 1.165) is 11.3 Å². The van der Waals surface area contributed by atoms with Crippen LogP contribution in [0.25, 0.3) is 5.65 Å². The highest BCUT2D eigenvalue weighted by atomic mass is 15.3. The van der Waals surface area contributed by atoms with Gasteiger partial charge in [-0.15, -0.1) is 0 Å². The van der Waals surface area contributed by atoms with Crippen molar-refractivity contribution < 1.29 is 0 Å². The molecule has 0 aliphatic rings. The van der Waals surface area contributed by atoms with Crippen molar-refractivity contribution in [2.45, 2.75) is 60.0 Å². The molecular formula is C16H26N4. The molecule has 0 fully saturated rings. The number of nitrogens with zero attached hydrogens (tertiary/aromatic N) is 3. The summed E-state index contributed by atoms with van der Waals surface area (Å²) in [6.45, 7) is 13.1. The second-order valence-electron chi connectivity index (χ2n) is 5.92. The van der Waals surface area contributed by atoms with Gasteiger partial charge >= 0.3 is 0 Å². The number of aromatic nitrogens is 3. The standard InChI is InChI=1S/C16H26N4/c1-7-10(2)12(4)18-13(5)15-9-17-16-8-11(3)19-20(16)14(15)6/h8-10,12-13,18H,7H2,1-6H3. The van der Waals surface area contributed by atoms with Crippen LogP contribution in [-0.4, -0.2) is 20.6 Å². The van der Waals surface area contributed by atoms with Crippen molar-refractivity contribution in [2.75, 3.05) is 0 Å². The van der Waals surface area contributed by atoms with E-state index >= 15 is 0 Å². The molecule has 2 aromatic rings. The number of fused-ring (bicyclic) bond motifs is 1. The van der Waals surface area contributed by atoms with E-state index in [-0.39, 0.29) is 6.04 Å². The summed E-state index contributed by atoms with van der Waals surface area (Å²) >= 11 is 0. The maximum atomic E-state index is 4.52. The topological polar surface area (TPSA) is 42.2 Å². The van der Waals surface area contributed by atoms with Gasteiger partial charge in [0.1, 0.15) is 0 Å². The van der Waals surface area contributed by atoms with Crippen molar-refractivity contribution in [1.29, 1.82) is 0 Å². The summed E-state index contributed by atoms with van der Waals surface area (Å²) in [6.07, 6.45) is 3.17. The first kappa shape index (κ1) is 15.0. The lowest BCUT2D eigenvalue weighted by molar-refractivity contribution is 0.359. The lowest BCUT2D eigenvalue weighted by atomic mass is 9.99. The molecule has 110 valence electrons. The lowest BCUT2D eigenvalue weighted by Gasteiger charge is -2.25. The molecule has 3 unspecified atom stereocenters. The zero-order valence-electron chi connectivity index (χ0n) is 13.4. The van der Waals surface area contributed by atoms with Crippen molar-refractivity contribution in [2.24, 2.45) is 5.92 Å². The summed E-state index contributed by atoms with van der Waals surface area (Å²) in [5.41, 5.74) is 4.31. The first-order valence-corrected chi connectivity index (χ1v) is 7.52. The minimum Gasteiger partial charge on any atom is -0.307 e. The number of rotatable bonds is 5. The molecule has 0 aliphatic carbocycles. The molecule has 2 aromatic heterocycles. The Morgan fingerprint density at radius 3 is 2.60 bits per heavy atom. The van der Waals surface area contributed by atoms with Gasteiger partial charge in [0.05, 0.1) is 5.69 Å². The molecule has 4 nitrogen and oxygen atoms in total.